The third-order valence-corrected chi connectivity index (χ3v) is 4.49. The molecule has 2 atom stereocenters. The number of aliphatic carboxylic acids is 1. The molecular formula is C19H22N2O4. The highest BCUT2D eigenvalue weighted by Gasteiger charge is 2.27. The van der Waals surface area contributed by atoms with Crippen molar-refractivity contribution in [1.82, 2.24) is 10.2 Å². The second kappa shape index (κ2) is 7.63. The first-order chi connectivity index (χ1) is 12.0. The van der Waals surface area contributed by atoms with Gasteiger partial charge in [0.2, 0.25) is 5.91 Å². The molecular weight excluding hydrogens is 320 g/mol. The van der Waals surface area contributed by atoms with E-state index in [1.54, 1.807) is 0 Å². The number of fused-ring (bicyclic) bond motifs is 1. The molecule has 1 unspecified atom stereocenters. The number of hydrogen-bond acceptors (Lipinski definition) is 4. The summed E-state index contributed by atoms with van der Waals surface area (Å²) in [7, 11) is 0. The van der Waals surface area contributed by atoms with Crippen molar-refractivity contribution < 1.29 is 19.4 Å². The van der Waals surface area contributed by atoms with E-state index in [4.69, 9.17) is 9.84 Å². The average molecular weight is 342 g/mol. The van der Waals surface area contributed by atoms with Gasteiger partial charge in [0.1, 0.15) is 13.2 Å². The highest BCUT2D eigenvalue weighted by Crippen LogP contribution is 2.24. The fraction of sp³-hybridized carbons (Fsp3) is 0.368. The highest BCUT2D eigenvalue weighted by molar-refractivity contribution is 5.86. The van der Waals surface area contributed by atoms with Crippen LogP contribution in [0.15, 0.2) is 42.5 Å². The predicted octanol–water partition coefficient (Wildman–Crippen LogP) is 1.80. The Morgan fingerprint density at radius 3 is 2.88 bits per heavy atom. The van der Waals surface area contributed by atoms with Crippen molar-refractivity contribution in [3.63, 3.8) is 0 Å². The lowest BCUT2D eigenvalue weighted by Gasteiger charge is -2.32. The van der Waals surface area contributed by atoms with Gasteiger partial charge in [0.15, 0.2) is 0 Å². The number of carbonyl (C=O) groups excluding carboxylic acids is 1. The summed E-state index contributed by atoms with van der Waals surface area (Å²) < 4.78 is 5.53. The van der Waals surface area contributed by atoms with Crippen molar-refractivity contribution in [2.45, 2.75) is 19.1 Å². The Bertz CT molecular complexity index is 772. The van der Waals surface area contributed by atoms with Crippen molar-refractivity contribution >= 4 is 22.6 Å². The molecule has 1 saturated heterocycles. The molecule has 2 aromatic carbocycles. The summed E-state index contributed by atoms with van der Waals surface area (Å²) in [5.41, 5.74) is 1.20. The molecule has 0 bridgehead atoms. The minimum atomic E-state index is -1.01. The molecule has 1 heterocycles. The van der Waals surface area contributed by atoms with Gasteiger partial charge in [-0.05, 0) is 23.3 Å². The molecule has 1 aliphatic heterocycles. The fourth-order valence-corrected chi connectivity index (χ4v) is 3.17. The number of nitrogens with one attached hydrogen (secondary N) is 1. The van der Waals surface area contributed by atoms with Crippen LogP contribution < -0.4 is 5.32 Å². The fourth-order valence-electron chi connectivity index (χ4n) is 3.17. The molecule has 0 aliphatic carbocycles. The predicted molar refractivity (Wildman–Crippen MR) is 94.3 cm³/mol. The maximum atomic E-state index is 11.7. The van der Waals surface area contributed by atoms with Crippen molar-refractivity contribution in [2.75, 3.05) is 26.2 Å². The van der Waals surface area contributed by atoms with Gasteiger partial charge in [0.25, 0.3) is 0 Å². The smallest absolute Gasteiger partial charge is 0.323 e. The van der Waals surface area contributed by atoms with Crippen LogP contribution in [0.25, 0.3) is 10.8 Å². The number of carboxylic acids is 1. The van der Waals surface area contributed by atoms with Crippen LogP contribution in [0.2, 0.25) is 0 Å². The van der Waals surface area contributed by atoms with Crippen molar-refractivity contribution in [2.24, 2.45) is 0 Å². The normalized spacial score (nSPS) is 19.2. The van der Waals surface area contributed by atoms with Crippen LogP contribution in [0.5, 0.6) is 0 Å². The van der Waals surface area contributed by atoms with Gasteiger partial charge in [-0.25, -0.2) is 0 Å². The Morgan fingerprint density at radius 2 is 2.08 bits per heavy atom. The van der Waals surface area contributed by atoms with Gasteiger partial charge in [-0.2, -0.15) is 0 Å². The minimum absolute atomic E-state index is 0.0672. The topological polar surface area (TPSA) is 78.9 Å². The molecule has 6 nitrogen and oxygen atoms in total. The molecule has 1 aliphatic rings. The number of morpholine rings is 1. The van der Waals surface area contributed by atoms with E-state index < -0.39 is 5.97 Å². The summed E-state index contributed by atoms with van der Waals surface area (Å²) in [6.07, 6.45) is -0.213. The maximum Gasteiger partial charge on any atom is 0.323 e. The van der Waals surface area contributed by atoms with Gasteiger partial charge in [-0.3, -0.25) is 9.59 Å². The lowest BCUT2D eigenvalue weighted by Crippen LogP contribution is -2.51. The first-order valence-electron chi connectivity index (χ1n) is 8.37. The zero-order valence-electron chi connectivity index (χ0n) is 14.1. The Hall–Kier alpha value is -2.44. The van der Waals surface area contributed by atoms with Crippen LogP contribution in [-0.4, -0.2) is 54.2 Å². The van der Waals surface area contributed by atoms with E-state index in [1.165, 1.54) is 21.2 Å². The number of carboxylic acid groups (broad SMARTS) is 1. The van der Waals surface area contributed by atoms with Gasteiger partial charge < -0.3 is 20.1 Å². The minimum Gasteiger partial charge on any atom is -0.480 e. The van der Waals surface area contributed by atoms with E-state index in [9.17, 15) is 9.59 Å². The Kier molecular flexibility index (Phi) is 5.31. The lowest BCUT2D eigenvalue weighted by atomic mass is 9.99. The summed E-state index contributed by atoms with van der Waals surface area (Å²) in [6.45, 7) is 2.58. The molecule has 1 fully saturated rings. The molecule has 2 aromatic rings. The van der Waals surface area contributed by atoms with E-state index >= 15 is 0 Å². The average Bonchev–Trinajstić information content (AvgIpc) is 2.61. The standard InChI is InChI=1S/C19H22N2O4/c1-13(16-8-4-6-14-5-2-3-7-17(14)16)20-9-15-10-21(11-19(23)24)18(22)12-25-15/h2-8,13,15,20H,9-12H2,1H3,(H,23,24)/t13-,15?/m1/s1. The zero-order valence-corrected chi connectivity index (χ0v) is 14.1. The lowest BCUT2D eigenvalue weighted by molar-refractivity contribution is -0.155. The monoisotopic (exact) mass is 342 g/mol. The number of amides is 1. The number of rotatable bonds is 6. The second-order valence-corrected chi connectivity index (χ2v) is 6.30. The number of hydrogen-bond donors (Lipinski definition) is 2. The van der Waals surface area contributed by atoms with E-state index in [1.807, 2.05) is 18.2 Å². The SMILES string of the molecule is C[C@@H](NCC1CN(CC(=O)O)C(=O)CO1)c1cccc2ccccc12. The molecule has 0 aromatic heterocycles. The van der Waals surface area contributed by atoms with E-state index in [0.29, 0.717) is 13.1 Å². The van der Waals surface area contributed by atoms with Crippen LogP contribution in [0.1, 0.15) is 18.5 Å². The number of benzene rings is 2. The first kappa shape index (κ1) is 17.4. The van der Waals surface area contributed by atoms with Gasteiger partial charge >= 0.3 is 5.97 Å². The van der Waals surface area contributed by atoms with Gasteiger partial charge in [-0.1, -0.05) is 42.5 Å². The van der Waals surface area contributed by atoms with Crippen LogP contribution in [0.4, 0.5) is 0 Å². The van der Waals surface area contributed by atoms with Crippen molar-refractivity contribution in [1.29, 1.82) is 0 Å². The van der Waals surface area contributed by atoms with Crippen LogP contribution in [0, 0.1) is 0 Å². The first-order valence-corrected chi connectivity index (χ1v) is 8.37. The summed E-state index contributed by atoms with van der Waals surface area (Å²) in [6, 6.07) is 14.6. The maximum absolute atomic E-state index is 11.7. The van der Waals surface area contributed by atoms with Crippen LogP contribution in [-0.2, 0) is 14.3 Å². The van der Waals surface area contributed by atoms with E-state index in [0.717, 1.165) is 0 Å². The van der Waals surface area contributed by atoms with Crippen LogP contribution in [0.3, 0.4) is 0 Å². The molecule has 0 saturated carbocycles. The third-order valence-electron chi connectivity index (χ3n) is 4.49. The van der Waals surface area contributed by atoms with E-state index in [2.05, 4.69) is 36.5 Å². The Morgan fingerprint density at radius 1 is 1.32 bits per heavy atom. The molecule has 2 N–H and O–H groups in total. The molecule has 25 heavy (non-hydrogen) atoms. The Labute approximate surface area is 146 Å². The summed E-state index contributed by atoms with van der Waals surface area (Å²) in [5.74, 6) is -1.29. The number of carbonyl (C=O) groups is 2. The van der Waals surface area contributed by atoms with Gasteiger partial charge in [0.05, 0.1) is 6.10 Å². The summed E-state index contributed by atoms with van der Waals surface area (Å²) in [5, 5.41) is 14.7. The molecule has 132 valence electrons. The van der Waals surface area contributed by atoms with Gasteiger partial charge in [0, 0.05) is 19.1 Å². The third kappa shape index (κ3) is 4.15. The largest absolute Gasteiger partial charge is 0.480 e. The second-order valence-electron chi connectivity index (χ2n) is 6.30. The molecule has 3 rings (SSSR count). The van der Waals surface area contributed by atoms with Crippen LogP contribution >= 0.6 is 0 Å². The molecule has 6 heteroatoms. The number of ether oxygens (including phenoxy) is 1. The zero-order chi connectivity index (χ0) is 17.8. The van der Waals surface area contributed by atoms with Gasteiger partial charge in [-0.15, -0.1) is 0 Å². The Balaban J connectivity index is 1.63. The quantitative estimate of drug-likeness (QED) is 0.837. The molecule has 1 amide bonds. The highest BCUT2D eigenvalue weighted by atomic mass is 16.5. The van der Waals surface area contributed by atoms with Crippen molar-refractivity contribution in [3.8, 4) is 0 Å². The van der Waals surface area contributed by atoms with Crippen molar-refractivity contribution in [3.05, 3.63) is 48.0 Å². The molecule has 0 radical (unpaired) electrons. The number of nitrogens with zero attached hydrogens (tertiary/aromatic N) is 1. The van der Waals surface area contributed by atoms with E-state index in [-0.39, 0.29) is 31.2 Å². The summed E-state index contributed by atoms with van der Waals surface area (Å²) in [4.78, 5) is 23.9. The molecule has 0 spiro atoms. The summed E-state index contributed by atoms with van der Waals surface area (Å²) >= 11 is 0.